The fourth-order valence-corrected chi connectivity index (χ4v) is 7.63. The summed E-state index contributed by atoms with van der Waals surface area (Å²) in [6.45, 7) is 1.94. The van der Waals surface area contributed by atoms with E-state index in [1.54, 1.807) is 12.1 Å². The Balaban J connectivity index is 0.956. The number of hydrogen-bond acceptors (Lipinski definition) is 5. The van der Waals surface area contributed by atoms with Gasteiger partial charge >= 0.3 is 0 Å². The Morgan fingerprint density at radius 1 is 1.03 bits per heavy atom. The Kier molecular flexibility index (Phi) is 6.26. The van der Waals surface area contributed by atoms with Crippen molar-refractivity contribution in [2.24, 2.45) is 23.2 Å². The summed E-state index contributed by atoms with van der Waals surface area (Å²) in [5.74, 6) is 3.92. The van der Waals surface area contributed by atoms with Crippen LogP contribution in [0.5, 0.6) is 11.5 Å². The highest BCUT2D eigenvalue weighted by atomic mass is 16.5. The Bertz CT molecular complexity index is 1270. The van der Waals surface area contributed by atoms with Gasteiger partial charge in [0.25, 0.3) is 0 Å². The van der Waals surface area contributed by atoms with E-state index in [0.717, 1.165) is 43.1 Å². The third kappa shape index (κ3) is 4.53. The lowest BCUT2D eigenvalue weighted by atomic mass is 9.74. The zero-order valence-corrected chi connectivity index (χ0v) is 20.7. The monoisotopic (exact) mass is 488 g/mol. The molecule has 0 saturated heterocycles. The van der Waals surface area contributed by atoms with Crippen molar-refractivity contribution in [1.82, 2.24) is 10.3 Å². The standard InChI is InChI=1S/C30H36N2O4/c33-26-7-5-24(25-6-8-28(35)32-29(25)26)27(34)18-31-11-9-19-1-3-23(4-2-19)36-12-10-30-16-20-13-21(17-30)15-22(30)14-20/h1-8,20-22,27,31,33-34H,9-18H2,(H,32,35)/t20?,21?,22?,27-,30?/m0/s1. The number of pyridine rings is 1. The second-order valence-corrected chi connectivity index (χ2v) is 11.4. The van der Waals surface area contributed by atoms with Crippen LogP contribution in [0.15, 0.2) is 53.3 Å². The highest BCUT2D eigenvalue weighted by molar-refractivity contribution is 5.87. The van der Waals surface area contributed by atoms with Gasteiger partial charge in [-0.05, 0) is 110 Å². The van der Waals surface area contributed by atoms with Crippen LogP contribution in [0.1, 0.15) is 55.8 Å². The van der Waals surface area contributed by atoms with Crippen molar-refractivity contribution in [2.45, 2.75) is 51.0 Å². The number of fused-ring (bicyclic) bond motifs is 1. The summed E-state index contributed by atoms with van der Waals surface area (Å²) < 4.78 is 6.14. The molecular formula is C30H36N2O4. The van der Waals surface area contributed by atoms with Gasteiger partial charge in [-0.2, -0.15) is 0 Å². The number of aromatic amines is 1. The normalized spacial score (nSPS) is 27.1. The third-order valence-electron chi connectivity index (χ3n) is 9.14. The topological polar surface area (TPSA) is 94.6 Å². The molecule has 6 heteroatoms. The first-order valence-corrected chi connectivity index (χ1v) is 13.4. The molecule has 0 radical (unpaired) electrons. The summed E-state index contributed by atoms with van der Waals surface area (Å²) in [4.78, 5) is 14.2. The molecule has 0 amide bonds. The van der Waals surface area contributed by atoms with Gasteiger partial charge in [-0.1, -0.05) is 18.2 Å². The molecule has 3 aromatic rings. The molecule has 36 heavy (non-hydrogen) atoms. The van der Waals surface area contributed by atoms with Crippen molar-refractivity contribution in [3.8, 4) is 11.5 Å². The molecule has 0 aliphatic heterocycles. The average molecular weight is 489 g/mol. The van der Waals surface area contributed by atoms with Crippen LogP contribution in [0, 0.1) is 23.2 Å². The van der Waals surface area contributed by atoms with E-state index in [0.29, 0.717) is 28.4 Å². The zero-order chi connectivity index (χ0) is 24.7. The minimum atomic E-state index is -0.750. The average Bonchev–Trinajstić information content (AvgIpc) is 3.26. The second kappa shape index (κ2) is 9.56. The fourth-order valence-electron chi connectivity index (χ4n) is 7.63. The van der Waals surface area contributed by atoms with Crippen LogP contribution in [-0.2, 0) is 6.42 Å². The number of H-pyrrole nitrogens is 1. The lowest BCUT2D eigenvalue weighted by molar-refractivity contribution is 0.147. The van der Waals surface area contributed by atoms with Gasteiger partial charge < -0.3 is 25.3 Å². The van der Waals surface area contributed by atoms with E-state index in [4.69, 9.17) is 4.74 Å². The third-order valence-corrected chi connectivity index (χ3v) is 9.14. The van der Waals surface area contributed by atoms with Crippen molar-refractivity contribution in [3.05, 3.63) is 70.0 Å². The van der Waals surface area contributed by atoms with Crippen LogP contribution >= 0.6 is 0 Å². The summed E-state index contributed by atoms with van der Waals surface area (Å²) in [5, 5.41) is 24.7. The summed E-state index contributed by atoms with van der Waals surface area (Å²) >= 11 is 0. The molecule has 4 fully saturated rings. The van der Waals surface area contributed by atoms with Gasteiger partial charge in [0.1, 0.15) is 11.5 Å². The number of benzene rings is 2. The number of ether oxygens (including phenoxy) is 1. The summed E-state index contributed by atoms with van der Waals surface area (Å²) in [6.07, 6.45) is 8.64. The molecule has 190 valence electrons. The number of nitrogens with one attached hydrogen (secondary N) is 2. The number of rotatable bonds is 10. The van der Waals surface area contributed by atoms with Crippen LogP contribution in [0.3, 0.4) is 0 Å². The molecule has 4 N–H and O–H groups in total. The van der Waals surface area contributed by atoms with Gasteiger partial charge in [0.2, 0.25) is 5.56 Å². The molecule has 6 nitrogen and oxygen atoms in total. The predicted octanol–water partition coefficient (Wildman–Crippen LogP) is 4.69. The highest BCUT2D eigenvalue weighted by Gasteiger charge is 2.57. The molecule has 2 aromatic carbocycles. The first kappa shape index (κ1) is 23.6. The maximum absolute atomic E-state index is 11.6. The van der Waals surface area contributed by atoms with Gasteiger partial charge in [-0.25, -0.2) is 0 Å². The van der Waals surface area contributed by atoms with Gasteiger partial charge in [-0.15, -0.1) is 0 Å². The molecule has 4 aliphatic carbocycles. The Morgan fingerprint density at radius 3 is 2.58 bits per heavy atom. The Labute approximate surface area is 211 Å². The lowest BCUT2D eigenvalue weighted by Crippen LogP contribution is -2.25. The number of aliphatic hydroxyl groups is 1. The number of aliphatic hydroxyl groups excluding tert-OH is 1. The van der Waals surface area contributed by atoms with Crippen molar-refractivity contribution in [2.75, 3.05) is 19.7 Å². The zero-order valence-electron chi connectivity index (χ0n) is 20.7. The van der Waals surface area contributed by atoms with E-state index in [9.17, 15) is 15.0 Å². The maximum atomic E-state index is 11.6. The first-order chi connectivity index (χ1) is 17.5. The molecular weight excluding hydrogens is 452 g/mol. The fraction of sp³-hybridized carbons (Fsp3) is 0.500. The molecule has 4 bridgehead atoms. The molecule has 4 saturated carbocycles. The molecule has 1 heterocycles. The minimum Gasteiger partial charge on any atom is -0.506 e. The molecule has 2 unspecified atom stereocenters. The molecule has 1 aromatic heterocycles. The second-order valence-electron chi connectivity index (χ2n) is 11.4. The number of hydrogen-bond donors (Lipinski definition) is 4. The van der Waals surface area contributed by atoms with E-state index >= 15 is 0 Å². The van der Waals surface area contributed by atoms with Crippen LogP contribution in [-0.4, -0.2) is 34.9 Å². The van der Waals surface area contributed by atoms with Crippen molar-refractivity contribution < 1.29 is 14.9 Å². The summed E-state index contributed by atoms with van der Waals surface area (Å²) in [7, 11) is 0. The van der Waals surface area contributed by atoms with Gasteiger partial charge in [0.05, 0.1) is 18.2 Å². The van der Waals surface area contributed by atoms with Crippen molar-refractivity contribution in [3.63, 3.8) is 0 Å². The quantitative estimate of drug-likeness (QED) is 0.311. The van der Waals surface area contributed by atoms with Crippen LogP contribution in [0.25, 0.3) is 10.9 Å². The predicted molar refractivity (Wildman–Crippen MR) is 140 cm³/mol. The van der Waals surface area contributed by atoms with Crippen LogP contribution in [0.2, 0.25) is 0 Å². The van der Waals surface area contributed by atoms with Crippen molar-refractivity contribution >= 4 is 10.9 Å². The van der Waals surface area contributed by atoms with Crippen LogP contribution in [0.4, 0.5) is 0 Å². The van der Waals surface area contributed by atoms with Gasteiger partial charge in [0, 0.05) is 18.0 Å². The number of phenolic OH excluding ortho intramolecular Hbond substituents is 1. The summed E-state index contributed by atoms with van der Waals surface area (Å²) in [6, 6.07) is 14.6. The maximum Gasteiger partial charge on any atom is 0.248 e. The largest absolute Gasteiger partial charge is 0.506 e. The van der Waals surface area contributed by atoms with E-state index in [2.05, 4.69) is 34.6 Å². The SMILES string of the molecule is O=c1ccc2c([C@@H](O)CNCCc3ccc(OCCC45CC6CC(CC4C6)C5)cc3)ccc(O)c2[nH]1. The smallest absolute Gasteiger partial charge is 0.248 e. The van der Waals surface area contributed by atoms with Gasteiger partial charge in [-0.3, -0.25) is 4.79 Å². The van der Waals surface area contributed by atoms with E-state index in [1.165, 1.54) is 56.2 Å². The molecule has 0 spiro atoms. The molecule has 3 atom stereocenters. The Hall–Kier alpha value is -2.83. The molecule has 7 rings (SSSR count). The lowest BCUT2D eigenvalue weighted by Gasteiger charge is -2.32. The summed E-state index contributed by atoms with van der Waals surface area (Å²) in [5.41, 5.74) is 2.55. The van der Waals surface area contributed by atoms with Crippen LogP contribution < -0.4 is 15.6 Å². The molecule has 4 aliphatic rings. The minimum absolute atomic E-state index is 0.00330. The number of aromatic nitrogens is 1. The van der Waals surface area contributed by atoms with Crippen molar-refractivity contribution in [1.29, 1.82) is 0 Å². The number of aromatic hydroxyl groups is 1. The first-order valence-electron chi connectivity index (χ1n) is 13.4. The van der Waals surface area contributed by atoms with Gasteiger partial charge in [0.15, 0.2) is 0 Å². The highest BCUT2D eigenvalue weighted by Crippen LogP contribution is 2.66. The number of phenols is 1. The van der Waals surface area contributed by atoms with E-state index < -0.39 is 6.10 Å². The van der Waals surface area contributed by atoms with E-state index in [-0.39, 0.29) is 11.3 Å². The van der Waals surface area contributed by atoms with E-state index in [1.807, 2.05) is 0 Å². The Morgan fingerprint density at radius 2 is 1.81 bits per heavy atom.